The van der Waals surface area contributed by atoms with Gasteiger partial charge in [0.2, 0.25) is 5.91 Å². The Labute approximate surface area is 118 Å². The van der Waals surface area contributed by atoms with Crippen molar-refractivity contribution in [1.29, 1.82) is 0 Å². The summed E-state index contributed by atoms with van der Waals surface area (Å²) >= 11 is 0. The first-order chi connectivity index (χ1) is 8.66. The van der Waals surface area contributed by atoms with Gasteiger partial charge in [-0.3, -0.25) is 4.79 Å². The molecule has 1 aliphatic carbocycles. The second kappa shape index (κ2) is 6.23. The molecule has 0 aliphatic heterocycles. The molecule has 1 fully saturated rings. The number of hydrogen-bond donors (Lipinski definition) is 2. The molecule has 0 saturated heterocycles. The molecule has 0 spiro atoms. The second-order valence-corrected chi connectivity index (χ2v) is 7.02. The Bertz CT molecular complexity index is 301. The third-order valence-electron chi connectivity index (χ3n) is 4.88. The van der Waals surface area contributed by atoms with E-state index in [9.17, 15) is 4.79 Å². The highest BCUT2D eigenvalue weighted by atomic mass is 16.2. The quantitative estimate of drug-likeness (QED) is 0.772. The summed E-state index contributed by atoms with van der Waals surface area (Å²) in [7, 11) is 2.15. The molecule has 0 unspecified atom stereocenters. The van der Waals surface area contributed by atoms with Crippen LogP contribution in [0.4, 0.5) is 0 Å². The van der Waals surface area contributed by atoms with E-state index in [2.05, 4.69) is 17.3 Å². The fraction of sp³-hybridized carbons (Fsp3) is 0.933. The lowest BCUT2D eigenvalue weighted by molar-refractivity contribution is -0.132. The van der Waals surface area contributed by atoms with E-state index in [-0.39, 0.29) is 5.91 Å². The molecular formula is C15H31N3O. The van der Waals surface area contributed by atoms with Crippen LogP contribution in [0.1, 0.15) is 53.4 Å². The third kappa shape index (κ3) is 4.18. The van der Waals surface area contributed by atoms with Crippen molar-refractivity contribution in [1.82, 2.24) is 10.2 Å². The zero-order valence-electron chi connectivity index (χ0n) is 13.3. The molecular weight excluding hydrogens is 238 g/mol. The average Bonchev–Trinajstić information content (AvgIpc) is 2.80. The Morgan fingerprint density at radius 1 is 1.26 bits per heavy atom. The Morgan fingerprint density at radius 3 is 2.26 bits per heavy atom. The van der Waals surface area contributed by atoms with Crippen LogP contribution in [-0.2, 0) is 4.79 Å². The van der Waals surface area contributed by atoms with Gasteiger partial charge >= 0.3 is 0 Å². The van der Waals surface area contributed by atoms with Crippen molar-refractivity contribution in [3.05, 3.63) is 0 Å². The van der Waals surface area contributed by atoms with E-state index in [0.717, 1.165) is 6.54 Å². The summed E-state index contributed by atoms with van der Waals surface area (Å²) in [5.74, 6) is 0.0415. The lowest BCUT2D eigenvalue weighted by atomic mass is 9.74. The standard InChI is InChI=1S/C15H31N3O/c1-14(2,15(3,4)16)13(19)17-10-11-18(5)12-8-6-7-9-12/h12H,6-11,16H2,1-5H3,(H,17,19). The molecule has 3 N–H and O–H groups in total. The van der Waals surface area contributed by atoms with Gasteiger partial charge in [-0.05, 0) is 47.6 Å². The number of rotatable bonds is 6. The van der Waals surface area contributed by atoms with Crippen molar-refractivity contribution in [2.45, 2.75) is 65.0 Å². The number of hydrogen-bond acceptors (Lipinski definition) is 3. The number of carbonyl (C=O) groups excluding carboxylic acids is 1. The normalized spacial score (nSPS) is 18.1. The maximum Gasteiger partial charge on any atom is 0.227 e. The molecule has 0 aromatic carbocycles. The van der Waals surface area contributed by atoms with E-state index in [0.29, 0.717) is 12.6 Å². The van der Waals surface area contributed by atoms with E-state index >= 15 is 0 Å². The first-order valence-electron chi connectivity index (χ1n) is 7.43. The van der Waals surface area contributed by atoms with Crippen LogP contribution in [-0.4, -0.2) is 42.5 Å². The van der Waals surface area contributed by atoms with Gasteiger partial charge in [-0.1, -0.05) is 12.8 Å². The largest absolute Gasteiger partial charge is 0.354 e. The number of nitrogens with one attached hydrogen (secondary N) is 1. The molecule has 0 atom stereocenters. The molecule has 1 rings (SSSR count). The number of nitrogens with zero attached hydrogens (tertiary/aromatic N) is 1. The summed E-state index contributed by atoms with van der Waals surface area (Å²) in [4.78, 5) is 14.6. The van der Waals surface area contributed by atoms with Gasteiger partial charge in [0.25, 0.3) is 0 Å². The van der Waals surface area contributed by atoms with Crippen molar-refractivity contribution < 1.29 is 4.79 Å². The Hall–Kier alpha value is -0.610. The van der Waals surface area contributed by atoms with Crippen molar-refractivity contribution in [3.8, 4) is 0 Å². The highest BCUT2D eigenvalue weighted by molar-refractivity contribution is 5.83. The smallest absolute Gasteiger partial charge is 0.227 e. The molecule has 19 heavy (non-hydrogen) atoms. The van der Waals surface area contributed by atoms with Crippen LogP contribution >= 0.6 is 0 Å². The minimum Gasteiger partial charge on any atom is -0.354 e. The second-order valence-electron chi connectivity index (χ2n) is 7.02. The molecule has 112 valence electrons. The van der Waals surface area contributed by atoms with Crippen molar-refractivity contribution in [2.75, 3.05) is 20.1 Å². The van der Waals surface area contributed by atoms with Gasteiger partial charge in [0.1, 0.15) is 0 Å². The fourth-order valence-electron chi connectivity index (χ4n) is 2.39. The van der Waals surface area contributed by atoms with Gasteiger partial charge in [-0.15, -0.1) is 0 Å². The van der Waals surface area contributed by atoms with E-state index < -0.39 is 11.0 Å². The molecule has 0 aromatic rings. The van der Waals surface area contributed by atoms with Gasteiger partial charge in [-0.2, -0.15) is 0 Å². The predicted molar refractivity (Wildman–Crippen MR) is 79.9 cm³/mol. The molecule has 1 aliphatic rings. The van der Waals surface area contributed by atoms with Gasteiger partial charge in [0.05, 0.1) is 5.41 Å². The fourth-order valence-corrected chi connectivity index (χ4v) is 2.39. The number of carbonyl (C=O) groups is 1. The van der Waals surface area contributed by atoms with Crippen LogP contribution in [0.15, 0.2) is 0 Å². The molecule has 4 nitrogen and oxygen atoms in total. The maximum absolute atomic E-state index is 12.2. The molecule has 4 heteroatoms. The zero-order chi connectivity index (χ0) is 14.7. The lowest BCUT2D eigenvalue weighted by Crippen LogP contribution is -2.56. The summed E-state index contributed by atoms with van der Waals surface area (Å²) in [6, 6.07) is 0.705. The van der Waals surface area contributed by atoms with Crippen molar-refractivity contribution in [3.63, 3.8) is 0 Å². The summed E-state index contributed by atoms with van der Waals surface area (Å²) in [5, 5.41) is 3.02. The summed E-state index contributed by atoms with van der Waals surface area (Å²) in [6.07, 6.45) is 5.28. The Morgan fingerprint density at radius 2 is 1.79 bits per heavy atom. The first kappa shape index (κ1) is 16.4. The average molecular weight is 269 g/mol. The van der Waals surface area contributed by atoms with Crippen molar-refractivity contribution in [2.24, 2.45) is 11.1 Å². The van der Waals surface area contributed by atoms with Crippen LogP contribution in [0.2, 0.25) is 0 Å². The van der Waals surface area contributed by atoms with Crippen LogP contribution in [0.3, 0.4) is 0 Å². The Kier molecular flexibility index (Phi) is 5.39. The van der Waals surface area contributed by atoms with Crippen molar-refractivity contribution >= 4 is 5.91 Å². The predicted octanol–water partition coefficient (Wildman–Crippen LogP) is 1.74. The van der Waals surface area contributed by atoms with E-state index in [1.165, 1.54) is 25.7 Å². The van der Waals surface area contributed by atoms with Gasteiger partial charge in [0, 0.05) is 24.7 Å². The monoisotopic (exact) mass is 269 g/mol. The highest BCUT2D eigenvalue weighted by Crippen LogP contribution is 2.28. The molecule has 1 amide bonds. The van der Waals surface area contributed by atoms with Crippen LogP contribution in [0, 0.1) is 5.41 Å². The molecule has 0 aromatic heterocycles. The summed E-state index contributed by atoms with van der Waals surface area (Å²) in [6.45, 7) is 9.23. The number of likely N-dealkylation sites (N-methyl/N-ethyl adjacent to an activating group) is 1. The third-order valence-corrected chi connectivity index (χ3v) is 4.88. The highest BCUT2D eigenvalue weighted by Gasteiger charge is 2.40. The van der Waals surface area contributed by atoms with E-state index in [4.69, 9.17) is 5.73 Å². The minimum atomic E-state index is -0.557. The summed E-state index contributed by atoms with van der Waals surface area (Å²) < 4.78 is 0. The van der Waals surface area contributed by atoms with Crippen LogP contribution < -0.4 is 11.1 Å². The van der Waals surface area contributed by atoms with Gasteiger partial charge in [-0.25, -0.2) is 0 Å². The molecule has 1 saturated carbocycles. The first-order valence-corrected chi connectivity index (χ1v) is 7.43. The van der Waals surface area contributed by atoms with Gasteiger partial charge < -0.3 is 16.0 Å². The molecule has 0 bridgehead atoms. The molecule has 0 radical (unpaired) electrons. The van der Waals surface area contributed by atoms with Crippen LogP contribution in [0.25, 0.3) is 0 Å². The minimum absolute atomic E-state index is 0.0415. The van der Waals surface area contributed by atoms with E-state index in [1.54, 1.807) is 0 Å². The zero-order valence-corrected chi connectivity index (χ0v) is 13.3. The summed E-state index contributed by atoms with van der Waals surface area (Å²) in [5.41, 5.74) is 5.00. The molecule has 0 heterocycles. The van der Waals surface area contributed by atoms with Crippen LogP contribution in [0.5, 0.6) is 0 Å². The number of nitrogens with two attached hydrogens (primary N) is 1. The number of amides is 1. The lowest BCUT2D eigenvalue weighted by Gasteiger charge is -2.37. The van der Waals surface area contributed by atoms with E-state index in [1.807, 2.05) is 27.7 Å². The Balaban J connectivity index is 2.34. The van der Waals surface area contributed by atoms with Gasteiger partial charge in [0.15, 0.2) is 0 Å². The SMILES string of the molecule is CN(CCNC(=O)C(C)(C)C(C)(C)N)C1CCCC1. The topological polar surface area (TPSA) is 58.4 Å². The maximum atomic E-state index is 12.2.